The van der Waals surface area contributed by atoms with E-state index in [9.17, 15) is 4.79 Å². The Labute approximate surface area is 200 Å². The van der Waals surface area contributed by atoms with Gasteiger partial charge in [-0.25, -0.2) is 4.99 Å². The molecule has 8 heteroatoms. The first kappa shape index (κ1) is 22.3. The molecule has 3 aromatic carbocycles. The van der Waals surface area contributed by atoms with Crippen LogP contribution in [-0.4, -0.2) is 18.2 Å². The summed E-state index contributed by atoms with van der Waals surface area (Å²) in [6, 6.07) is 20.3. The molecule has 0 atom stereocenters. The second-order valence-electron chi connectivity index (χ2n) is 6.77. The number of nitrogens with one attached hydrogen (secondary N) is 1. The fraction of sp³-hybridized carbons (Fsp3) is 0.0833. The van der Waals surface area contributed by atoms with Crippen molar-refractivity contribution in [1.29, 1.82) is 0 Å². The molecule has 0 radical (unpaired) electrons. The Morgan fingerprint density at radius 1 is 1.06 bits per heavy atom. The number of amides is 1. The molecule has 3 aromatic rings. The summed E-state index contributed by atoms with van der Waals surface area (Å²) >= 11 is 13.6. The number of hydrogen-bond acceptors (Lipinski definition) is 5. The summed E-state index contributed by atoms with van der Waals surface area (Å²) < 4.78 is 11.4. The summed E-state index contributed by atoms with van der Waals surface area (Å²) in [5.41, 5.74) is 2.43. The summed E-state index contributed by atoms with van der Waals surface area (Å²) in [6.07, 6.45) is 1.74. The highest BCUT2D eigenvalue weighted by Crippen LogP contribution is 2.38. The lowest BCUT2D eigenvalue weighted by atomic mass is 10.1. The van der Waals surface area contributed by atoms with Gasteiger partial charge in [0.1, 0.15) is 6.61 Å². The van der Waals surface area contributed by atoms with Crippen LogP contribution in [0.5, 0.6) is 11.5 Å². The molecule has 5 nitrogen and oxygen atoms in total. The second-order valence-corrected chi connectivity index (χ2v) is 8.64. The number of methoxy groups -OCH3 is 1. The quantitative estimate of drug-likeness (QED) is 0.407. The number of hydrogen-bond donors (Lipinski definition) is 1. The van der Waals surface area contributed by atoms with E-state index in [0.29, 0.717) is 49.5 Å². The first-order valence-corrected chi connectivity index (χ1v) is 11.2. The number of aliphatic imine (C=N–C) groups is 1. The summed E-state index contributed by atoms with van der Waals surface area (Å²) in [7, 11) is 1.55. The molecule has 0 spiro atoms. The SMILES string of the molecule is COc1cc(C=C2SC(=Nc3ccc(Cl)cc3)NC2=O)cc(Cl)c1OCc1ccccc1. The fourth-order valence-corrected chi connectivity index (χ4v) is 4.20. The number of ether oxygens (including phenoxy) is 2. The molecule has 1 amide bonds. The highest BCUT2D eigenvalue weighted by atomic mass is 35.5. The van der Waals surface area contributed by atoms with Gasteiger partial charge < -0.3 is 14.8 Å². The van der Waals surface area contributed by atoms with Crippen molar-refractivity contribution in [2.24, 2.45) is 4.99 Å². The van der Waals surface area contributed by atoms with Crippen molar-refractivity contribution in [2.45, 2.75) is 6.61 Å². The van der Waals surface area contributed by atoms with E-state index in [-0.39, 0.29) is 5.91 Å². The third-order valence-corrected chi connectivity index (χ3v) is 5.93. The summed E-state index contributed by atoms with van der Waals surface area (Å²) in [5.74, 6) is 0.703. The van der Waals surface area contributed by atoms with E-state index >= 15 is 0 Å². The van der Waals surface area contributed by atoms with E-state index in [2.05, 4.69) is 10.3 Å². The van der Waals surface area contributed by atoms with Crippen LogP contribution in [0.2, 0.25) is 10.0 Å². The Kier molecular flexibility index (Phi) is 7.05. The lowest BCUT2D eigenvalue weighted by Crippen LogP contribution is -2.19. The van der Waals surface area contributed by atoms with Crippen molar-refractivity contribution in [1.82, 2.24) is 5.32 Å². The molecule has 0 aliphatic carbocycles. The lowest BCUT2D eigenvalue weighted by molar-refractivity contribution is -0.115. The smallest absolute Gasteiger partial charge is 0.264 e. The van der Waals surface area contributed by atoms with Crippen LogP contribution in [0.15, 0.2) is 76.6 Å². The Hall–Kier alpha value is -2.93. The minimum Gasteiger partial charge on any atom is -0.493 e. The van der Waals surface area contributed by atoms with Gasteiger partial charge in [-0.2, -0.15) is 0 Å². The summed E-state index contributed by atoms with van der Waals surface area (Å²) in [5, 5.41) is 4.27. The molecular formula is C24H18Cl2N2O3S. The molecule has 1 aliphatic heterocycles. The Morgan fingerprint density at radius 3 is 2.53 bits per heavy atom. The highest BCUT2D eigenvalue weighted by Gasteiger charge is 2.24. The van der Waals surface area contributed by atoms with Crippen LogP contribution in [0.1, 0.15) is 11.1 Å². The molecular weight excluding hydrogens is 467 g/mol. The predicted molar refractivity (Wildman–Crippen MR) is 131 cm³/mol. The first-order chi connectivity index (χ1) is 15.5. The first-order valence-electron chi connectivity index (χ1n) is 9.61. The number of halogens is 2. The van der Waals surface area contributed by atoms with Gasteiger partial charge in [0.25, 0.3) is 5.91 Å². The van der Waals surface area contributed by atoms with Crippen LogP contribution in [0, 0.1) is 0 Å². The molecule has 1 heterocycles. The van der Waals surface area contributed by atoms with E-state index in [1.54, 1.807) is 49.6 Å². The van der Waals surface area contributed by atoms with Crippen molar-refractivity contribution in [3.63, 3.8) is 0 Å². The van der Waals surface area contributed by atoms with Crippen molar-refractivity contribution < 1.29 is 14.3 Å². The standard InChI is InChI=1S/C24H18Cl2N2O3S/c1-30-20-12-16(11-19(26)22(20)31-14-15-5-3-2-4-6-15)13-21-23(29)28-24(32-21)27-18-9-7-17(25)8-10-18/h2-13H,14H2,1H3,(H,27,28,29). The number of rotatable bonds is 6. The van der Waals surface area contributed by atoms with Crippen LogP contribution in [0.25, 0.3) is 6.08 Å². The van der Waals surface area contributed by atoms with Gasteiger partial charge in [0.15, 0.2) is 16.7 Å². The largest absolute Gasteiger partial charge is 0.493 e. The van der Waals surface area contributed by atoms with Crippen molar-refractivity contribution >= 4 is 57.8 Å². The molecule has 1 N–H and O–H groups in total. The molecule has 1 aliphatic rings. The van der Waals surface area contributed by atoms with Crippen LogP contribution in [-0.2, 0) is 11.4 Å². The molecule has 0 bridgehead atoms. The summed E-state index contributed by atoms with van der Waals surface area (Å²) in [6.45, 7) is 0.361. The van der Waals surface area contributed by atoms with E-state index < -0.39 is 0 Å². The second kappa shape index (κ2) is 10.1. The minimum absolute atomic E-state index is 0.234. The van der Waals surface area contributed by atoms with Gasteiger partial charge in [-0.15, -0.1) is 0 Å². The molecule has 32 heavy (non-hydrogen) atoms. The van der Waals surface area contributed by atoms with Crippen molar-refractivity contribution in [3.8, 4) is 11.5 Å². The monoisotopic (exact) mass is 484 g/mol. The maximum absolute atomic E-state index is 12.4. The Morgan fingerprint density at radius 2 is 1.81 bits per heavy atom. The van der Waals surface area contributed by atoms with Gasteiger partial charge in [-0.3, -0.25) is 4.79 Å². The van der Waals surface area contributed by atoms with Gasteiger partial charge in [0.2, 0.25) is 0 Å². The average Bonchev–Trinajstić information content (AvgIpc) is 3.13. The van der Waals surface area contributed by atoms with E-state index in [0.717, 1.165) is 5.56 Å². The third kappa shape index (κ3) is 5.46. The third-order valence-electron chi connectivity index (χ3n) is 4.48. The topological polar surface area (TPSA) is 59.9 Å². The lowest BCUT2D eigenvalue weighted by Gasteiger charge is -2.13. The van der Waals surface area contributed by atoms with Crippen LogP contribution >= 0.6 is 35.0 Å². The normalized spacial score (nSPS) is 15.8. The molecule has 0 unspecified atom stereocenters. The van der Waals surface area contributed by atoms with Crippen LogP contribution < -0.4 is 14.8 Å². The van der Waals surface area contributed by atoms with E-state index in [1.165, 1.54) is 11.8 Å². The molecule has 162 valence electrons. The molecule has 0 saturated carbocycles. The van der Waals surface area contributed by atoms with Crippen molar-refractivity contribution in [2.75, 3.05) is 7.11 Å². The zero-order chi connectivity index (χ0) is 22.5. The molecule has 1 fully saturated rings. The minimum atomic E-state index is -0.234. The number of thioether (sulfide) groups is 1. The molecule has 0 aromatic heterocycles. The van der Waals surface area contributed by atoms with Gasteiger partial charge in [0.05, 0.1) is 22.7 Å². The number of nitrogens with zero attached hydrogens (tertiary/aromatic N) is 1. The maximum Gasteiger partial charge on any atom is 0.264 e. The van der Waals surface area contributed by atoms with Crippen molar-refractivity contribution in [3.05, 3.63) is 92.8 Å². The Bertz CT molecular complexity index is 1200. The van der Waals surface area contributed by atoms with E-state index in [4.69, 9.17) is 32.7 Å². The zero-order valence-electron chi connectivity index (χ0n) is 17.0. The molecule has 1 saturated heterocycles. The van der Waals surface area contributed by atoms with Gasteiger partial charge >= 0.3 is 0 Å². The number of benzene rings is 3. The number of amidine groups is 1. The van der Waals surface area contributed by atoms with Crippen LogP contribution in [0.4, 0.5) is 5.69 Å². The highest BCUT2D eigenvalue weighted by molar-refractivity contribution is 8.18. The zero-order valence-corrected chi connectivity index (χ0v) is 19.3. The van der Waals surface area contributed by atoms with Gasteiger partial charge in [-0.1, -0.05) is 53.5 Å². The summed E-state index contributed by atoms with van der Waals surface area (Å²) in [4.78, 5) is 17.3. The maximum atomic E-state index is 12.4. The van der Waals surface area contributed by atoms with E-state index in [1.807, 2.05) is 30.3 Å². The number of carbonyl (C=O) groups excluding carboxylic acids is 1. The molecule has 4 rings (SSSR count). The van der Waals surface area contributed by atoms with Gasteiger partial charge in [-0.05, 0) is 65.4 Å². The Balaban J connectivity index is 1.53. The van der Waals surface area contributed by atoms with Crippen LogP contribution in [0.3, 0.4) is 0 Å². The predicted octanol–water partition coefficient (Wildman–Crippen LogP) is 6.47. The van der Waals surface area contributed by atoms with Gasteiger partial charge in [0, 0.05) is 5.02 Å². The fourth-order valence-electron chi connectivity index (χ4n) is 2.96. The number of carbonyl (C=O) groups is 1. The average molecular weight is 485 g/mol.